The number of hydrogen-bond donors (Lipinski definition) is 2. The molecule has 1 aromatic carbocycles. The van der Waals surface area contributed by atoms with E-state index in [0.29, 0.717) is 0 Å². The zero-order valence-electron chi connectivity index (χ0n) is 11.5. The number of aliphatic hydroxyl groups excluding tert-OH is 1. The van der Waals surface area contributed by atoms with Crippen molar-refractivity contribution in [3.63, 3.8) is 0 Å². The molecule has 0 spiro atoms. The van der Waals surface area contributed by atoms with E-state index in [0.717, 1.165) is 24.2 Å². The number of hydrogen-bond acceptors (Lipinski definition) is 3. The van der Waals surface area contributed by atoms with Crippen LogP contribution in [0.5, 0.6) is 0 Å². The van der Waals surface area contributed by atoms with Crippen LogP contribution in [0.4, 0.5) is 4.39 Å². The number of halogens is 1. The van der Waals surface area contributed by atoms with Gasteiger partial charge in [0.15, 0.2) is 0 Å². The van der Waals surface area contributed by atoms with Crippen molar-refractivity contribution >= 4 is 0 Å². The van der Waals surface area contributed by atoms with Crippen molar-refractivity contribution in [2.45, 2.75) is 26.0 Å². The first-order valence-corrected chi connectivity index (χ1v) is 6.72. The van der Waals surface area contributed by atoms with E-state index in [9.17, 15) is 4.39 Å². The second kappa shape index (κ2) is 7.12. The molecule has 1 heterocycles. The highest BCUT2D eigenvalue weighted by Gasteiger charge is 2.06. The van der Waals surface area contributed by atoms with Crippen LogP contribution in [-0.2, 0) is 13.0 Å². The monoisotopic (exact) mass is 274 g/mol. The maximum Gasteiger partial charge on any atom is 0.141 e. The third-order valence-electron chi connectivity index (χ3n) is 3.26. The Morgan fingerprint density at radius 1 is 1.15 bits per heavy atom. The molecular formula is C16H19FN2O. The molecule has 3 nitrogen and oxygen atoms in total. The third kappa shape index (κ3) is 4.11. The minimum atomic E-state index is -0.315. The smallest absolute Gasteiger partial charge is 0.141 e. The molecule has 4 heteroatoms. The molecule has 0 saturated carbocycles. The summed E-state index contributed by atoms with van der Waals surface area (Å²) in [5.41, 5.74) is 2.97. The van der Waals surface area contributed by atoms with Crippen LogP contribution in [0.15, 0.2) is 42.6 Å². The minimum Gasteiger partial charge on any atom is -0.392 e. The van der Waals surface area contributed by atoms with Gasteiger partial charge in [-0.3, -0.25) is 4.98 Å². The lowest BCUT2D eigenvalue weighted by Crippen LogP contribution is -2.22. The van der Waals surface area contributed by atoms with E-state index in [2.05, 4.69) is 10.3 Å². The van der Waals surface area contributed by atoms with Crippen LogP contribution in [0.1, 0.15) is 29.8 Å². The highest BCUT2D eigenvalue weighted by atomic mass is 19.1. The van der Waals surface area contributed by atoms with E-state index < -0.39 is 0 Å². The van der Waals surface area contributed by atoms with E-state index in [1.807, 2.05) is 31.2 Å². The van der Waals surface area contributed by atoms with Gasteiger partial charge >= 0.3 is 0 Å². The Morgan fingerprint density at radius 2 is 1.85 bits per heavy atom. The largest absolute Gasteiger partial charge is 0.392 e. The minimum absolute atomic E-state index is 0.0752. The summed E-state index contributed by atoms with van der Waals surface area (Å²) >= 11 is 0. The number of nitrogens with one attached hydrogen (secondary N) is 1. The van der Waals surface area contributed by atoms with Gasteiger partial charge in [0.1, 0.15) is 5.82 Å². The summed E-state index contributed by atoms with van der Waals surface area (Å²) in [4.78, 5) is 4.06. The Morgan fingerprint density at radius 3 is 2.45 bits per heavy atom. The molecule has 0 aliphatic carbocycles. The summed E-state index contributed by atoms with van der Waals surface area (Å²) in [6.07, 6.45) is 2.14. The molecule has 0 bridgehead atoms. The average molecular weight is 274 g/mol. The summed E-state index contributed by atoms with van der Waals surface area (Å²) < 4.78 is 12.8. The number of aromatic nitrogens is 1. The molecule has 0 radical (unpaired) electrons. The first-order valence-electron chi connectivity index (χ1n) is 6.72. The Bertz CT molecular complexity index is 525. The number of benzene rings is 1. The highest BCUT2D eigenvalue weighted by Crippen LogP contribution is 2.10. The number of nitrogens with zero attached hydrogens (tertiary/aromatic N) is 1. The lowest BCUT2D eigenvalue weighted by Gasteiger charge is -2.13. The van der Waals surface area contributed by atoms with Gasteiger partial charge in [0.25, 0.3) is 0 Å². The molecule has 2 aromatic rings. The molecule has 0 aliphatic heterocycles. The van der Waals surface area contributed by atoms with E-state index >= 15 is 0 Å². The molecule has 20 heavy (non-hydrogen) atoms. The Balaban J connectivity index is 1.81. The Labute approximate surface area is 118 Å². The molecule has 0 amide bonds. The van der Waals surface area contributed by atoms with Gasteiger partial charge < -0.3 is 10.4 Å². The van der Waals surface area contributed by atoms with Gasteiger partial charge in [0.05, 0.1) is 18.5 Å². The SMILES string of the molecule is CC(NCCc1ccc(CO)cc1)c1ccc(F)cn1. The summed E-state index contributed by atoms with van der Waals surface area (Å²) in [6.45, 7) is 2.90. The fourth-order valence-corrected chi connectivity index (χ4v) is 1.99. The quantitative estimate of drug-likeness (QED) is 0.851. The van der Waals surface area contributed by atoms with E-state index in [-0.39, 0.29) is 18.5 Å². The molecule has 1 unspecified atom stereocenters. The number of pyridine rings is 1. The van der Waals surface area contributed by atoms with Gasteiger partial charge in [0.2, 0.25) is 0 Å². The van der Waals surface area contributed by atoms with Crippen molar-refractivity contribution in [3.8, 4) is 0 Å². The highest BCUT2D eigenvalue weighted by molar-refractivity contribution is 5.22. The van der Waals surface area contributed by atoms with Crippen LogP contribution in [0.25, 0.3) is 0 Å². The number of rotatable bonds is 6. The zero-order chi connectivity index (χ0) is 14.4. The topological polar surface area (TPSA) is 45.1 Å². The molecule has 0 aliphatic rings. The molecule has 2 rings (SSSR count). The standard InChI is InChI=1S/C16H19FN2O/c1-12(16-7-6-15(17)10-19-16)18-9-8-13-2-4-14(11-20)5-3-13/h2-7,10,12,18,20H,8-9,11H2,1H3. The molecule has 106 valence electrons. The first kappa shape index (κ1) is 14.6. The molecule has 1 atom stereocenters. The normalized spacial score (nSPS) is 12.3. The summed E-state index contributed by atoms with van der Waals surface area (Å²) in [5, 5.41) is 12.3. The Kier molecular flexibility index (Phi) is 5.21. The lowest BCUT2D eigenvalue weighted by atomic mass is 10.1. The maximum absolute atomic E-state index is 12.8. The van der Waals surface area contributed by atoms with Gasteiger partial charge in [-0.05, 0) is 43.1 Å². The molecule has 0 saturated heterocycles. The molecular weight excluding hydrogens is 255 g/mol. The lowest BCUT2D eigenvalue weighted by molar-refractivity contribution is 0.282. The molecule has 2 N–H and O–H groups in total. The van der Waals surface area contributed by atoms with E-state index in [1.54, 1.807) is 6.07 Å². The second-order valence-electron chi connectivity index (χ2n) is 4.80. The second-order valence-corrected chi connectivity index (χ2v) is 4.80. The molecule has 0 fully saturated rings. The number of aliphatic hydroxyl groups is 1. The van der Waals surface area contributed by atoms with Crippen LogP contribution in [0, 0.1) is 5.82 Å². The fraction of sp³-hybridized carbons (Fsp3) is 0.312. The van der Waals surface area contributed by atoms with Gasteiger partial charge in [-0.1, -0.05) is 24.3 Å². The predicted molar refractivity (Wildman–Crippen MR) is 76.7 cm³/mol. The summed E-state index contributed by atoms with van der Waals surface area (Å²) in [7, 11) is 0. The van der Waals surface area contributed by atoms with Crippen molar-refractivity contribution in [1.82, 2.24) is 10.3 Å². The summed E-state index contributed by atoms with van der Waals surface area (Å²) in [5.74, 6) is -0.315. The van der Waals surface area contributed by atoms with E-state index in [4.69, 9.17) is 5.11 Å². The molecule has 1 aromatic heterocycles. The van der Waals surface area contributed by atoms with Crippen molar-refractivity contribution in [2.24, 2.45) is 0 Å². The first-order chi connectivity index (χ1) is 9.69. The van der Waals surface area contributed by atoms with Gasteiger partial charge in [-0.25, -0.2) is 4.39 Å². The van der Waals surface area contributed by atoms with Crippen molar-refractivity contribution in [2.75, 3.05) is 6.54 Å². The van der Waals surface area contributed by atoms with Crippen LogP contribution < -0.4 is 5.32 Å². The van der Waals surface area contributed by atoms with Gasteiger partial charge in [0, 0.05) is 6.04 Å². The van der Waals surface area contributed by atoms with Crippen molar-refractivity contribution in [3.05, 3.63) is 65.2 Å². The van der Waals surface area contributed by atoms with E-state index in [1.165, 1.54) is 17.8 Å². The fourth-order valence-electron chi connectivity index (χ4n) is 1.99. The summed E-state index contributed by atoms with van der Waals surface area (Å²) in [6, 6.07) is 11.1. The zero-order valence-corrected chi connectivity index (χ0v) is 11.5. The van der Waals surface area contributed by atoms with Gasteiger partial charge in [-0.2, -0.15) is 0 Å². The van der Waals surface area contributed by atoms with Crippen molar-refractivity contribution < 1.29 is 9.50 Å². The third-order valence-corrected chi connectivity index (χ3v) is 3.26. The van der Waals surface area contributed by atoms with Crippen LogP contribution in [0.3, 0.4) is 0 Å². The average Bonchev–Trinajstić information content (AvgIpc) is 2.48. The van der Waals surface area contributed by atoms with Crippen LogP contribution >= 0.6 is 0 Å². The maximum atomic E-state index is 12.8. The van der Waals surface area contributed by atoms with Crippen LogP contribution in [-0.4, -0.2) is 16.6 Å². The van der Waals surface area contributed by atoms with Gasteiger partial charge in [-0.15, -0.1) is 0 Å². The predicted octanol–water partition coefficient (Wildman–Crippen LogP) is 2.61. The van der Waals surface area contributed by atoms with Crippen LogP contribution in [0.2, 0.25) is 0 Å². The Hall–Kier alpha value is -1.78. The van der Waals surface area contributed by atoms with Crippen molar-refractivity contribution in [1.29, 1.82) is 0 Å².